The van der Waals surface area contributed by atoms with Gasteiger partial charge in [0.25, 0.3) is 11.7 Å². The quantitative estimate of drug-likeness (QED) is 0.197. The molecule has 0 saturated carbocycles. The molecule has 0 atom stereocenters. The van der Waals surface area contributed by atoms with Gasteiger partial charge in [0.15, 0.2) is 5.76 Å². The van der Waals surface area contributed by atoms with Gasteiger partial charge in [-0.3, -0.25) is 4.79 Å². The Morgan fingerprint density at radius 3 is 2.62 bits per heavy atom. The van der Waals surface area contributed by atoms with E-state index in [-0.39, 0.29) is 43.6 Å². The topological polar surface area (TPSA) is 91.0 Å². The lowest BCUT2D eigenvalue weighted by Gasteiger charge is -2.13. The number of alkyl halides is 2. The summed E-state index contributed by atoms with van der Waals surface area (Å²) in [6.07, 6.45) is -0.325. The monoisotopic (exact) mass is 475 g/mol. The first kappa shape index (κ1) is 25.3. The van der Waals surface area contributed by atoms with Gasteiger partial charge >= 0.3 is 5.92 Å². The van der Waals surface area contributed by atoms with Crippen LogP contribution in [0, 0.1) is 6.92 Å². The fourth-order valence-electron chi connectivity index (χ4n) is 3.18. The number of carbonyl (C=O) groups excluding carboxylic acids is 1. The lowest BCUT2D eigenvalue weighted by atomic mass is 10.1. The van der Waals surface area contributed by atoms with E-state index in [0.29, 0.717) is 17.7 Å². The number of benzene rings is 2. The molecule has 182 valence electrons. The van der Waals surface area contributed by atoms with Gasteiger partial charge in [-0.1, -0.05) is 35.9 Å². The van der Waals surface area contributed by atoms with E-state index in [1.165, 1.54) is 19.2 Å². The van der Waals surface area contributed by atoms with Crippen LogP contribution in [0.4, 0.5) is 8.78 Å². The van der Waals surface area contributed by atoms with Gasteiger partial charge in [-0.2, -0.15) is 8.78 Å². The number of carbonyl (C=O) groups is 1. The molecule has 1 aromatic heterocycles. The van der Waals surface area contributed by atoms with Crippen LogP contribution in [-0.2, 0) is 16.1 Å². The third kappa shape index (κ3) is 6.85. The number of ether oxygens (including phenoxy) is 3. The summed E-state index contributed by atoms with van der Waals surface area (Å²) in [5.41, 5.74) is 1.91. The number of methoxy groups -OCH3 is 1. The third-order valence-corrected chi connectivity index (χ3v) is 4.95. The number of oxazole rings is 1. The molecule has 1 heterocycles. The average molecular weight is 475 g/mol. The van der Waals surface area contributed by atoms with E-state index in [9.17, 15) is 18.7 Å². The Labute approximate surface area is 196 Å². The highest BCUT2D eigenvalue weighted by Gasteiger charge is 2.42. The van der Waals surface area contributed by atoms with Crippen molar-refractivity contribution in [2.75, 3.05) is 20.5 Å². The molecule has 1 N–H and O–H groups in total. The van der Waals surface area contributed by atoms with Gasteiger partial charge in [0.05, 0.1) is 6.61 Å². The van der Waals surface area contributed by atoms with Gasteiger partial charge in [0, 0.05) is 25.2 Å². The maximum atomic E-state index is 14.6. The Morgan fingerprint density at radius 1 is 1.15 bits per heavy atom. The van der Waals surface area contributed by atoms with Gasteiger partial charge < -0.3 is 23.7 Å². The van der Waals surface area contributed by atoms with Crippen molar-refractivity contribution in [2.45, 2.75) is 38.7 Å². The van der Waals surface area contributed by atoms with Crippen molar-refractivity contribution in [3.8, 4) is 22.8 Å². The van der Waals surface area contributed by atoms with Crippen molar-refractivity contribution in [1.82, 2.24) is 4.98 Å². The number of halogens is 2. The number of hydrogen-bond donors (Lipinski definition) is 1. The van der Waals surface area contributed by atoms with Crippen LogP contribution in [0.1, 0.15) is 41.3 Å². The van der Waals surface area contributed by atoms with E-state index in [4.69, 9.17) is 18.6 Å². The zero-order valence-electron chi connectivity index (χ0n) is 19.1. The minimum atomic E-state index is -3.65. The molecule has 3 rings (SSSR count). The number of Topliss-reactive ketones (excluding diaryl/α,β-unsaturated/α-hetero) is 1. The van der Waals surface area contributed by atoms with E-state index < -0.39 is 24.0 Å². The Kier molecular flexibility index (Phi) is 8.72. The molecule has 9 heteroatoms. The molecule has 34 heavy (non-hydrogen) atoms. The standard InChI is InChI=1S/C25H27F2NO6/c1-17-8-10-18(11-9-17)22-21(15-32-16-31-2)34-24(28-22)23(30)25(26,27)12-3-4-13-33-20-7-5-6-19(29)14-20/h5-11,14,29H,3-4,12-13,15-16H2,1-2H3. The SMILES string of the molecule is COCOCc1oc(C(=O)C(F)(F)CCCCOc2cccc(O)c2)nc1-c1ccc(C)cc1. The predicted octanol–water partition coefficient (Wildman–Crippen LogP) is 5.54. The van der Waals surface area contributed by atoms with Crippen LogP contribution >= 0.6 is 0 Å². The Hall–Kier alpha value is -3.30. The fraction of sp³-hybridized carbons (Fsp3) is 0.360. The number of aromatic nitrogens is 1. The summed E-state index contributed by atoms with van der Waals surface area (Å²) in [7, 11) is 1.45. The number of phenols is 1. The molecule has 3 aromatic rings. The highest BCUT2D eigenvalue weighted by Crippen LogP contribution is 2.31. The zero-order chi connectivity index (χ0) is 24.6. The first-order valence-corrected chi connectivity index (χ1v) is 10.8. The molecule has 0 unspecified atom stereocenters. The van der Waals surface area contributed by atoms with Crippen molar-refractivity contribution >= 4 is 5.78 Å². The number of nitrogens with zero attached hydrogens (tertiary/aromatic N) is 1. The summed E-state index contributed by atoms with van der Waals surface area (Å²) in [5.74, 6) is -5.13. The number of phenolic OH excluding ortho intramolecular Hbond substituents is 1. The van der Waals surface area contributed by atoms with Crippen LogP contribution in [0.15, 0.2) is 52.9 Å². The summed E-state index contributed by atoms with van der Waals surface area (Å²) in [6.45, 7) is 1.97. The molecule has 0 aliphatic rings. The summed E-state index contributed by atoms with van der Waals surface area (Å²) in [5, 5.41) is 9.41. The van der Waals surface area contributed by atoms with Gasteiger partial charge in [0.2, 0.25) is 0 Å². The van der Waals surface area contributed by atoms with Gasteiger partial charge in [-0.15, -0.1) is 0 Å². The molecule has 0 saturated heterocycles. The maximum Gasteiger partial charge on any atom is 0.314 e. The van der Waals surface area contributed by atoms with Crippen LogP contribution < -0.4 is 4.74 Å². The molecule has 0 spiro atoms. The van der Waals surface area contributed by atoms with Crippen LogP contribution in [-0.4, -0.2) is 42.3 Å². The van der Waals surface area contributed by atoms with E-state index in [0.717, 1.165) is 5.56 Å². The molecular weight excluding hydrogens is 448 g/mol. The lowest BCUT2D eigenvalue weighted by Crippen LogP contribution is -2.29. The first-order chi connectivity index (χ1) is 16.3. The van der Waals surface area contributed by atoms with Crippen molar-refractivity contribution in [2.24, 2.45) is 0 Å². The number of rotatable bonds is 13. The van der Waals surface area contributed by atoms with Crippen LogP contribution in [0.25, 0.3) is 11.3 Å². The predicted molar refractivity (Wildman–Crippen MR) is 120 cm³/mol. The Balaban J connectivity index is 1.63. The molecule has 7 nitrogen and oxygen atoms in total. The second kappa shape index (κ2) is 11.7. The Morgan fingerprint density at radius 2 is 1.91 bits per heavy atom. The minimum absolute atomic E-state index is 0.0296. The van der Waals surface area contributed by atoms with Crippen LogP contribution in [0.3, 0.4) is 0 Å². The van der Waals surface area contributed by atoms with Crippen molar-refractivity contribution < 1.29 is 37.3 Å². The summed E-state index contributed by atoms with van der Waals surface area (Å²) in [6, 6.07) is 13.4. The van der Waals surface area contributed by atoms with Crippen LogP contribution in [0.2, 0.25) is 0 Å². The Bertz CT molecular complexity index is 1080. The largest absolute Gasteiger partial charge is 0.508 e. The highest BCUT2D eigenvalue weighted by atomic mass is 19.3. The molecular formula is C25H27F2NO6. The van der Waals surface area contributed by atoms with Gasteiger partial charge in [-0.05, 0) is 31.9 Å². The first-order valence-electron chi connectivity index (χ1n) is 10.8. The van der Waals surface area contributed by atoms with Crippen LogP contribution in [0.5, 0.6) is 11.5 Å². The number of hydrogen-bond acceptors (Lipinski definition) is 7. The van der Waals surface area contributed by atoms with E-state index in [1.807, 2.05) is 19.1 Å². The summed E-state index contributed by atoms with van der Waals surface area (Å²) < 4.78 is 50.2. The minimum Gasteiger partial charge on any atom is -0.508 e. The van der Waals surface area contributed by atoms with E-state index >= 15 is 0 Å². The highest BCUT2D eigenvalue weighted by molar-refractivity contribution is 5.98. The van der Waals surface area contributed by atoms with E-state index in [2.05, 4.69) is 4.98 Å². The normalized spacial score (nSPS) is 11.5. The number of unbranched alkanes of at least 4 members (excludes halogenated alkanes) is 1. The molecule has 0 aliphatic carbocycles. The van der Waals surface area contributed by atoms with Crippen molar-refractivity contribution in [1.29, 1.82) is 0 Å². The molecule has 0 bridgehead atoms. The lowest BCUT2D eigenvalue weighted by molar-refractivity contribution is -0.0442. The fourth-order valence-corrected chi connectivity index (χ4v) is 3.18. The average Bonchev–Trinajstić information content (AvgIpc) is 3.23. The smallest absolute Gasteiger partial charge is 0.314 e. The number of aromatic hydroxyl groups is 1. The van der Waals surface area contributed by atoms with E-state index in [1.54, 1.807) is 24.3 Å². The molecule has 0 fully saturated rings. The number of ketones is 1. The molecule has 0 amide bonds. The summed E-state index contributed by atoms with van der Waals surface area (Å²) >= 11 is 0. The number of aryl methyl sites for hydroxylation is 1. The summed E-state index contributed by atoms with van der Waals surface area (Å²) in [4.78, 5) is 16.6. The van der Waals surface area contributed by atoms with Gasteiger partial charge in [-0.25, -0.2) is 4.98 Å². The third-order valence-electron chi connectivity index (χ3n) is 4.95. The second-order valence-electron chi connectivity index (χ2n) is 7.75. The maximum absolute atomic E-state index is 14.6. The molecule has 0 radical (unpaired) electrons. The van der Waals surface area contributed by atoms with Crippen molar-refractivity contribution in [3.63, 3.8) is 0 Å². The second-order valence-corrected chi connectivity index (χ2v) is 7.75. The zero-order valence-corrected chi connectivity index (χ0v) is 19.1. The van der Waals surface area contributed by atoms with Gasteiger partial charge in [0.1, 0.15) is 30.6 Å². The van der Waals surface area contributed by atoms with Crippen molar-refractivity contribution in [3.05, 3.63) is 65.7 Å². The molecule has 2 aromatic carbocycles. The molecule has 0 aliphatic heterocycles.